The zero-order valence-corrected chi connectivity index (χ0v) is 25.2. The van der Waals surface area contributed by atoms with Crippen molar-refractivity contribution in [1.29, 1.82) is 0 Å². The molecular weight excluding hydrogens is 748 g/mol. The van der Waals surface area contributed by atoms with Crippen LogP contribution in [0.25, 0.3) is 43.4 Å². The van der Waals surface area contributed by atoms with Gasteiger partial charge in [-0.1, -0.05) is 30.3 Å². The van der Waals surface area contributed by atoms with Crippen molar-refractivity contribution in [1.82, 2.24) is 0 Å². The number of halogens is 15. The highest BCUT2D eigenvalue weighted by Crippen LogP contribution is 2.46. The summed E-state index contributed by atoms with van der Waals surface area (Å²) in [5.41, 5.74) is -1.00. The number of fused-ring (bicyclic) bond motifs is 3. The van der Waals surface area contributed by atoms with Gasteiger partial charge in [-0.25, -0.2) is 57.1 Å². The molecule has 0 atom stereocenters. The maximum Gasteiger partial charge on any atom is 0.636 e. The van der Waals surface area contributed by atoms with Crippen molar-refractivity contribution < 1.29 is 75.2 Å². The molecule has 0 aliphatic heterocycles. The van der Waals surface area contributed by atoms with Gasteiger partial charge in [0.1, 0.15) is 5.75 Å². The third-order valence-electron chi connectivity index (χ3n) is 9.00. The second kappa shape index (κ2) is 11.6. The summed E-state index contributed by atoms with van der Waals surface area (Å²) in [5, 5.41) is -11.0. The van der Waals surface area contributed by atoms with Gasteiger partial charge in [-0.05, 0) is 22.8 Å². The molecule has 0 amide bonds. The summed E-state index contributed by atoms with van der Waals surface area (Å²) in [6.07, 6.45) is -0.221. The molecule has 0 bridgehead atoms. The van der Waals surface area contributed by atoms with E-state index in [1.54, 1.807) is 24.3 Å². The largest absolute Gasteiger partial charge is 0.636 e. The first-order chi connectivity index (χ1) is 25.1. The Kier molecular flexibility index (Phi) is 7.50. The number of benzene rings is 7. The van der Waals surface area contributed by atoms with Crippen LogP contribution < -0.4 is 14.8 Å². The monoisotopic (exact) mass is 756 g/mol. The highest BCUT2D eigenvalue weighted by Gasteiger charge is 2.44. The van der Waals surface area contributed by atoms with Crippen LogP contribution in [0.15, 0.2) is 36.4 Å². The molecule has 0 radical (unpaired) electrons. The molecule has 53 heavy (non-hydrogen) atoms. The predicted molar refractivity (Wildman–Crippen MR) is 157 cm³/mol. The van der Waals surface area contributed by atoms with Crippen molar-refractivity contribution in [2.24, 2.45) is 0 Å². The number of rotatable bonds is 5. The Balaban J connectivity index is 1.51. The van der Waals surface area contributed by atoms with E-state index in [4.69, 9.17) is 9.31 Å². The van der Waals surface area contributed by atoms with Crippen molar-refractivity contribution in [3.63, 3.8) is 0 Å². The van der Waals surface area contributed by atoms with E-state index in [0.29, 0.717) is 11.1 Å². The lowest BCUT2D eigenvalue weighted by Crippen LogP contribution is -2.47. The van der Waals surface area contributed by atoms with Crippen LogP contribution in [0, 0.1) is 87.3 Å². The summed E-state index contributed by atoms with van der Waals surface area (Å²) in [7, 11) is -3.36. The van der Waals surface area contributed by atoms with Gasteiger partial charge in [0.05, 0.1) is 21.6 Å². The Morgan fingerprint density at radius 1 is 0.377 bits per heavy atom. The molecule has 18 heteroatoms. The second-order valence-electron chi connectivity index (χ2n) is 11.7. The van der Waals surface area contributed by atoms with Gasteiger partial charge in [-0.2, -0.15) is 8.78 Å². The first-order valence-electron chi connectivity index (χ1n) is 14.7. The Bertz CT molecular complexity index is 2730. The second-order valence-corrected chi connectivity index (χ2v) is 11.7. The van der Waals surface area contributed by atoms with Crippen molar-refractivity contribution >= 4 is 44.9 Å². The molecule has 1 aliphatic rings. The van der Waals surface area contributed by atoms with Crippen molar-refractivity contribution in [2.75, 3.05) is 0 Å². The van der Waals surface area contributed by atoms with Gasteiger partial charge in [0.2, 0.25) is 29.1 Å². The van der Waals surface area contributed by atoms with E-state index in [-0.39, 0.29) is 17.5 Å². The zero-order valence-electron chi connectivity index (χ0n) is 25.2. The van der Waals surface area contributed by atoms with Gasteiger partial charge >= 0.3 is 7.12 Å². The Labute approximate surface area is 284 Å². The summed E-state index contributed by atoms with van der Waals surface area (Å²) in [4.78, 5) is 0. The molecule has 0 unspecified atom stereocenters. The fraction of sp³-hybridized carbons (Fsp3) is 0.0286. The first-order valence-corrected chi connectivity index (χ1v) is 14.7. The molecule has 0 saturated carbocycles. The van der Waals surface area contributed by atoms with E-state index in [9.17, 15) is 35.1 Å². The van der Waals surface area contributed by atoms with Crippen LogP contribution in [-0.2, 0) is 6.42 Å². The van der Waals surface area contributed by atoms with Gasteiger partial charge in [0, 0.05) is 28.1 Å². The lowest BCUT2D eigenvalue weighted by atomic mass is 9.72. The molecule has 0 fully saturated rings. The molecule has 268 valence electrons. The zero-order chi connectivity index (χ0) is 38.1. The minimum absolute atomic E-state index is 0.157. The van der Waals surface area contributed by atoms with Gasteiger partial charge in [-0.3, -0.25) is 0 Å². The molecule has 0 heterocycles. The molecule has 0 spiro atoms. The van der Waals surface area contributed by atoms with E-state index in [0.717, 1.165) is 6.07 Å². The smallest absolute Gasteiger partial charge is 0.519 e. The Hall–Kier alpha value is -5.81. The average molecular weight is 756 g/mol. The van der Waals surface area contributed by atoms with Gasteiger partial charge in [-0.15, -0.1) is 0 Å². The molecule has 7 aromatic rings. The lowest BCUT2D eigenvalue weighted by molar-refractivity contribution is 0.332. The molecule has 8 rings (SSSR count). The fourth-order valence-corrected chi connectivity index (χ4v) is 6.70. The van der Waals surface area contributed by atoms with E-state index in [2.05, 4.69) is 0 Å². The van der Waals surface area contributed by atoms with Gasteiger partial charge in [0.25, 0.3) is 0 Å². The van der Waals surface area contributed by atoms with E-state index >= 15 is 30.7 Å². The maximum atomic E-state index is 16.3. The summed E-state index contributed by atoms with van der Waals surface area (Å²) in [6, 6.07) is 8.18. The van der Waals surface area contributed by atoms with Crippen LogP contribution in [0.2, 0.25) is 0 Å². The van der Waals surface area contributed by atoms with Crippen LogP contribution in [0.3, 0.4) is 0 Å². The SMILES string of the molecule is Fc1ccc2c(c1OB(Oc1c(F)c(F)c(F)c(F)c1F)c1c(F)c(F)c3c(F)c(F)c4c(F)c(F)c(F)c5c(F)c(F)c1c3c45)Cc1ccccc1-2. The van der Waals surface area contributed by atoms with Crippen LogP contribution in [0.5, 0.6) is 11.5 Å². The van der Waals surface area contributed by atoms with Gasteiger partial charge < -0.3 is 9.31 Å². The topological polar surface area (TPSA) is 18.5 Å². The van der Waals surface area contributed by atoms with Crippen molar-refractivity contribution in [3.8, 4) is 22.6 Å². The Morgan fingerprint density at radius 3 is 1.40 bits per heavy atom. The summed E-state index contributed by atoms with van der Waals surface area (Å²) in [5.74, 6) is -41.6. The van der Waals surface area contributed by atoms with Crippen molar-refractivity contribution in [2.45, 2.75) is 6.42 Å². The predicted octanol–water partition coefficient (Wildman–Crippen LogP) is 10.1. The number of hydrogen-bond donors (Lipinski definition) is 0. The standard InChI is InChI=1S/C35H8BF15O2/c37-12-6-5-10-9-4-2-1-3-8(9)7-11(10)34(12)52-36(53-35-32(50)30(48)29(47)31(49)33(35)51)19-15-13-14-17(21(39)20(15)38)25(43)28(46)26(44)18(14)23(41)22(40)16(13)24(42)27(19)45/h1-6H,7H2. The molecular formula is C35H8BF15O2. The quantitative estimate of drug-likeness (QED) is 0.0573. The van der Waals surface area contributed by atoms with Crippen molar-refractivity contribution in [3.05, 3.63) is 135 Å². The normalized spacial score (nSPS) is 12.4. The van der Waals surface area contributed by atoms with Crippen LogP contribution in [0.4, 0.5) is 65.9 Å². The minimum Gasteiger partial charge on any atom is -0.519 e. The van der Waals surface area contributed by atoms with Gasteiger partial charge in [0.15, 0.2) is 63.9 Å². The molecule has 0 N–H and O–H groups in total. The fourth-order valence-electron chi connectivity index (χ4n) is 6.70. The lowest BCUT2D eigenvalue weighted by Gasteiger charge is -2.24. The maximum absolute atomic E-state index is 16.3. The summed E-state index contributed by atoms with van der Waals surface area (Å²) in [6.45, 7) is 0. The first kappa shape index (κ1) is 34.3. The highest BCUT2D eigenvalue weighted by molar-refractivity contribution is 6.66. The van der Waals surface area contributed by atoms with Crippen LogP contribution in [-0.4, -0.2) is 7.12 Å². The molecule has 0 aromatic heterocycles. The molecule has 7 aromatic carbocycles. The van der Waals surface area contributed by atoms with E-state index in [1.807, 2.05) is 0 Å². The molecule has 1 aliphatic carbocycles. The number of hydrogen-bond acceptors (Lipinski definition) is 2. The van der Waals surface area contributed by atoms with Crippen LogP contribution >= 0.6 is 0 Å². The highest BCUT2D eigenvalue weighted by atomic mass is 19.2. The molecule has 2 nitrogen and oxygen atoms in total. The Morgan fingerprint density at radius 2 is 0.811 bits per heavy atom. The van der Waals surface area contributed by atoms with E-state index < -0.39 is 144 Å². The third-order valence-corrected chi connectivity index (χ3v) is 9.00. The van der Waals surface area contributed by atoms with E-state index in [1.165, 1.54) is 6.07 Å². The summed E-state index contributed by atoms with van der Waals surface area (Å²) < 4.78 is 237. The average Bonchev–Trinajstić information content (AvgIpc) is 3.52. The summed E-state index contributed by atoms with van der Waals surface area (Å²) >= 11 is 0. The minimum atomic E-state index is -3.36. The molecule has 0 saturated heterocycles. The third kappa shape index (κ3) is 4.46. The van der Waals surface area contributed by atoms with Crippen LogP contribution in [0.1, 0.15) is 11.1 Å².